The van der Waals surface area contributed by atoms with Crippen molar-refractivity contribution >= 4 is 22.9 Å². The second-order valence-corrected chi connectivity index (χ2v) is 4.98. The van der Waals surface area contributed by atoms with E-state index >= 15 is 0 Å². The van der Waals surface area contributed by atoms with Crippen molar-refractivity contribution in [2.24, 2.45) is 0 Å². The first-order valence-electron chi connectivity index (χ1n) is 7.02. The molecule has 6 heteroatoms. The van der Waals surface area contributed by atoms with E-state index in [4.69, 9.17) is 21.1 Å². The van der Waals surface area contributed by atoms with Crippen molar-refractivity contribution in [3.05, 3.63) is 65.7 Å². The number of amides is 1. The Bertz CT molecular complexity index is 643. The summed E-state index contributed by atoms with van der Waals surface area (Å²) in [6.07, 6.45) is -0.500. The number of carbonyl (C=O) groups is 2. The van der Waals surface area contributed by atoms with Crippen molar-refractivity contribution < 1.29 is 19.1 Å². The summed E-state index contributed by atoms with van der Waals surface area (Å²) in [6, 6.07) is 15.9. The van der Waals surface area contributed by atoms with E-state index in [1.54, 1.807) is 24.3 Å². The topological polar surface area (TPSA) is 64.6 Å². The van der Waals surface area contributed by atoms with Crippen molar-refractivity contribution in [1.82, 2.24) is 5.32 Å². The van der Waals surface area contributed by atoms with Crippen molar-refractivity contribution in [1.29, 1.82) is 0 Å². The first-order chi connectivity index (χ1) is 11.1. The first-order valence-corrected chi connectivity index (χ1v) is 7.40. The third-order valence-electron chi connectivity index (χ3n) is 2.93. The lowest BCUT2D eigenvalue weighted by Gasteiger charge is -2.09. The van der Waals surface area contributed by atoms with Crippen LogP contribution in [0.2, 0.25) is 0 Å². The van der Waals surface area contributed by atoms with Gasteiger partial charge in [0.1, 0.15) is 19.0 Å². The van der Waals surface area contributed by atoms with Crippen LogP contribution in [0.1, 0.15) is 15.9 Å². The molecule has 0 aromatic heterocycles. The molecule has 2 aromatic rings. The minimum Gasteiger partial charge on any atom is -0.492 e. The smallest absolute Gasteiger partial charge is 0.407 e. The Morgan fingerprint density at radius 1 is 1.00 bits per heavy atom. The van der Waals surface area contributed by atoms with Crippen molar-refractivity contribution in [3.63, 3.8) is 0 Å². The number of halogens is 1. The normalized spacial score (nSPS) is 9.96. The Hall–Kier alpha value is -2.53. The molecular weight excluding hydrogens is 318 g/mol. The van der Waals surface area contributed by atoms with E-state index in [0.717, 1.165) is 5.56 Å². The molecule has 0 spiro atoms. The number of rotatable bonds is 7. The second-order valence-electron chi connectivity index (χ2n) is 4.64. The minimum atomic E-state index is -0.514. The van der Waals surface area contributed by atoms with Crippen LogP contribution < -0.4 is 10.1 Å². The highest BCUT2D eigenvalue weighted by atomic mass is 35.5. The monoisotopic (exact) mass is 333 g/mol. The molecule has 23 heavy (non-hydrogen) atoms. The highest BCUT2D eigenvalue weighted by molar-refractivity contribution is 6.67. The van der Waals surface area contributed by atoms with E-state index in [1.165, 1.54) is 0 Å². The van der Waals surface area contributed by atoms with Gasteiger partial charge >= 0.3 is 6.09 Å². The molecule has 120 valence electrons. The van der Waals surface area contributed by atoms with Gasteiger partial charge in [-0.3, -0.25) is 4.79 Å². The first kappa shape index (κ1) is 16.8. The molecule has 0 aliphatic rings. The number of hydrogen-bond donors (Lipinski definition) is 1. The molecule has 0 radical (unpaired) electrons. The van der Waals surface area contributed by atoms with Crippen molar-refractivity contribution in [2.75, 3.05) is 13.2 Å². The molecule has 0 aliphatic heterocycles. The zero-order chi connectivity index (χ0) is 16.5. The van der Waals surface area contributed by atoms with Crippen LogP contribution in [-0.2, 0) is 11.3 Å². The van der Waals surface area contributed by atoms with E-state index in [-0.39, 0.29) is 13.2 Å². The molecule has 0 bridgehead atoms. The summed E-state index contributed by atoms with van der Waals surface area (Å²) < 4.78 is 10.5. The Kier molecular flexibility index (Phi) is 6.44. The molecule has 1 N–H and O–H groups in total. The van der Waals surface area contributed by atoms with Crippen LogP contribution in [0.5, 0.6) is 5.75 Å². The van der Waals surface area contributed by atoms with Crippen LogP contribution in [-0.4, -0.2) is 24.5 Å². The van der Waals surface area contributed by atoms with Crippen LogP contribution >= 0.6 is 11.6 Å². The largest absolute Gasteiger partial charge is 0.492 e. The van der Waals surface area contributed by atoms with E-state index in [0.29, 0.717) is 17.9 Å². The van der Waals surface area contributed by atoms with Gasteiger partial charge in [0.05, 0.1) is 6.54 Å². The van der Waals surface area contributed by atoms with E-state index in [2.05, 4.69) is 5.32 Å². The van der Waals surface area contributed by atoms with Gasteiger partial charge < -0.3 is 14.8 Å². The maximum Gasteiger partial charge on any atom is 0.407 e. The van der Waals surface area contributed by atoms with Gasteiger partial charge in [-0.05, 0) is 41.4 Å². The predicted octanol–water partition coefficient (Wildman–Crippen LogP) is 3.37. The molecule has 0 unspecified atom stereocenters. The van der Waals surface area contributed by atoms with E-state index in [1.807, 2.05) is 30.3 Å². The van der Waals surface area contributed by atoms with Crippen LogP contribution in [0.4, 0.5) is 4.79 Å². The maximum atomic E-state index is 11.5. The average Bonchev–Trinajstić information content (AvgIpc) is 2.58. The third kappa shape index (κ3) is 6.00. The third-order valence-corrected chi connectivity index (χ3v) is 3.15. The van der Waals surface area contributed by atoms with Gasteiger partial charge in [0.15, 0.2) is 0 Å². The van der Waals surface area contributed by atoms with Gasteiger partial charge in [0.25, 0.3) is 5.24 Å². The van der Waals surface area contributed by atoms with Crippen LogP contribution in [0.15, 0.2) is 54.6 Å². The molecule has 0 saturated heterocycles. The summed E-state index contributed by atoms with van der Waals surface area (Å²) in [5.41, 5.74) is 1.33. The number of carbonyl (C=O) groups excluding carboxylic acids is 2. The molecule has 2 rings (SSSR count). The Morgan fingerprint density at radius 3 is 2.35 bits per heavy atom. The van der Waals surface area contributed by atoms with Crippen molar-refractivity contribution in [3.8, 4) is 5.75 Å². The summed E-state index contributed by atoms with van der Waals surface area (Å²) in [5, 5.41) is 2.08. The van der Waals surface area contributed by atoms with Crippen LogP contribution in [0.3, 0.4) is 0 Å². The fourth-order valence-corrected chi connectivity index (χ4v) is 1.90. The van der Waals surface area contributed by atoms with Gasteiger partial charge in [-0.2, -0.15) is 0 Å². The molecule has 0 fully saturated rings. The fraction of sp³-hybridized carbons (Fsp3) is 0.176. The Morgan fingerprint density at radius 2 is 1.70 bits per heavy atom. The number of hydrogen-bond acceptors (Lipinski definition) is 4. The summed E-state index contributed by atoms with van der Waals surface area (Å²) in [5.74, 6) is 0.589. The number of ether oxygens (including phenoxy) is 2. The summed E-state index contributed by atoms with van der Waals surface area (Å²) >= 11 is 5.35. The van der Waals surface area contributed by atoms with Gasteiger partial charge in [0, 0.05) is 5.56 Å². The molecule has 5 nitrogen and oxygen atoms in total. The zero-order valence-corrected chi connectivity index (χ0v) is 13.1. The van der Waals surface area contributed by atoms with Crippen LogP contribution in [0, 0.1) is 0 Å². The van der Waals surface area contributed by atoms with Gasteiger partial charge in [-0.15, -0.1) is 0 Å². The Labute approximate surface area is 139 Å². The molecular formula is C17H16ClNO4. The lowest BCUT2D eigenvalue weighted by atomic mass is 10.2. The molecule has 0 aliphatic carbocycles. The molecule has 0 heterocycles. The average molecular weight is 334 g/mol. The Balaban J connectivity index is 1.63. The summed E-state index contributed by atoms with van der Waals surface area (Å²) in [4.78, 5) is 22.4. The minimum absolute atomic E-state index is 0.224. The van der Waals surface area contributed by atoms with Crippen molar-refractivity contribution in [2.45, 2.75) is 6.61 Å². The maximum absolute atomic E-state index is 11.5. The van der Waals surface area contributed by atoms with E-state index < -0.39 is 11.3 Å². The molecule has 0 saturated carbocycles. The van der Waals surface area contributed by atoms with Gasteiger partial charge in [-0.1, -0.05) is 30.3 Å². The molecule has 2 aromatic carbocycles. The lowest BCUT2D eigenvalue weighted by Crippen LogP contribution is -2.28. The number of alkyl carbamates (subject to hydrolysis) is 1. The second kappa shape index (κ2) is 8.80. The standard InChI is InChI=1S/C17H16ClNO4/c18-16(20)14-6-8-15(9-7-14)22-11-10-19-17(21)23-12-13-4-2-1-3-5-13/h1-9H,10-12H2,(H,19,21). The van der Waals surface area contributed by atoms with Gasteiger partial charge in [-0.25, -0.2) is 4.79 Å². The molecule has 0 atom stereocenters. The predicted molar refractivity (Wildman–Crippen MR) is 86.8 cm³/mol. The van der Waals surface area contributed by atoms with Gasteiger partial charge in [0.2, 0.25) is 0 Å². The quantitative estimate of drug-likeness (QED) is 0.623. The highest BCUT2D eigenvalue weighted by Crippen LogP contribution is 2.13. The lowest BCUT2D eigenvalue weighted by molar-refractivity contribution is 0.108. The van der Waals surface area contributed by atoms with E-state index in [9.17, 15) is 9.59 Å². The number of nitrogens with one attached hydrogen (secondary N) is 1. The highest BCUT2D eigenvalue weighted by Gasteiger charge is 2.03. The summed E-state index contributed by atoms with van der Waals surface area (Å²) in [7, 11) is 0. The summed E-state index contributed by atoms with van der Waals surface area (Å²) in [6.45, 7) is 0.819. The zero-order valence-electron chi connectivity index (χ0n) is 12.3. The molecule has 1 amide bonds. The SMILES string of the molecule is O=C(NCCOc1ccc(C(=O)Cl)cc1)OCc1ccccc1. The fourth-order valence-electron chi connectivity index (χ4n) is 1.78. The number of benzene rings is 2. The van der Waals surface area contributed by atoms with Crippen LogP contribution in [0.25, 0.3) is 0 Å².